The monoisotopic (exact) mass is 329 g/mol. The van der Waals surface area contributed by atoms with Crippen molar-refractivity contribution in [3.8, 4) is 11.1 Å². The molecule has 128 valence electrons. The van der Waals surface area contributed by atoms with E-state index in [1.165, 1.54) is 28.1 Å². The summed E-state index contributed by atoms with van der Waals surface area (Å²) in [7, 11) is 0. The van der Waals surface area contributed by atoms with E-state index in [4.69, 9.17) is 0 Å². The van der Waals surface area contributed by atoms with Crippen molar-refractivity contribution >= 4 is 11.4 Å². The molecule has 0 heterocycles. The van der Waals surface area contributed by atoms with Gasteiger partial charge in [-0.2, -0.15) is 0 Å². The summed E-state index contributed by atoms with van der Waals surface area (Å²) in [5, 5.41) is 0. The van der Waals surface area contributed by atoms with Gasteiger partial charge in [0.1, 0.15) is 0 Å². The largest absolute Gasteiger partial charge is 0.339 e. The van der Waals surface area contributed by atoms with Crippen LogP contribution in [0.5, 0.6) is 0 Å². The molecule has 0 aromatic heterocycles. The normalized spacial score (nSPS) is 11.1. The average molecular weight is 329 g/mol. The standard InChI is InChI=1S/C24H27N/c1-18(2)20-10-12-21(13-11-20)22-14-16-24(17-15-22)25(19(3)4)23-8-6-5-7-9-23/h5-19H,1-4H3. The SMILES string of the molecule is CC(C)c1ccc(-c2ccc(N(c3ccccc3)C(C)C)cc2)cc1. The zero-order valence-electron chi connectivity index (χ0n) is 15.6. The highest BCUT2D eigenvalue weighted by Gasteiger charge is 2.12. The Bertz CT molecular complexity index is 784. The maximum Gasteiger partial charge on any atom is 0.0413 e. The quantitative estimate of drug-likeness (QED) is 0.486. The van der Waals surface area contributed by atoms with Crippen LogP contribution in [0.15, 0.2) is 78.9 Å². The molecule has 3 aromatic rings. The van der Waals surface area contributed by atoms with Crippen LogP contribution in [0.3, 0.4) is 0 Å². The fourth-order valence-corrected chi connectivity index (χ4v) is 3.21. The van der Waals surface area contributed by atoms with E-state index >= 15 is 0 Å². The zero-order valence-corrected chi connectivity index (χ0v) is 15.6. The summed E-state index contributed by atoms with van der Waals surface area (Å²) in [6.07, 6.45) is 0. The Kier molecular flexibility index (Phi) is 5.23. The molecule has 0 aliphatic heterocycles. The Morgan fingerprint density at radius 3 is 1.52 bits per heavy atom. The molecule has 0 aliphatic carbocycles. The van der Waals surface area contributed by atoms with E-state index in [-0.39, 0.29) is 0 Å². The Balaban J connectivity index is 1.88. The third-order valence-electron chi connectivity index (χ3n) is 4.61. The Morgan fingerprint density at radius 1 is 0.560 bits per heavy atom. The van der Waals surface area contributed by atoms with Gasteiger partial charge in [0.05, 0.1) is 0 Å². The highest BCUT2D eigenvalue weighted by molar-refractivity contribution is 5.70. The van der Waals surface area contributed by atoms with Crippen LogP contribution in [0.2, 0.25) is 0 Å². The average Bonchev–Trinajstić information content (AvgIpc) is 2.63. The lowest BCUT2D eigenvalue weighted by Crippen LogP contribution is -2.25. The molecule has 0 unspecified atom stereocenters. The van der Waals surface area contributed by atoms with Gasteiger partial charge in [-0.1, -0.05) is 68.4 Å². The number of para-hydroxylation sites is 1. The summed E-state index contributed by atoms with van der Waals surface area (Å²) >= 11 is 0. The van der Waals surface area contributed by atoms with Crippen LogP contribution < -0.4 is 4.90 Å². The van der Waals surface area contributed by atoms with Crippen molar-refractivity contribution in [2.75, 3.05) is 4.90 Å². The topological polar surface area (TPSA) is 3.24 Å². The molecule has 0 N–H and O–H groups in total. The first-order valence-corrected chi connectivity index (χ1v) is 9.11. The summed E-state index contributed by atoms with van der Waals surface area (Å²) in [4.78, 5) is 2.37. The molecule has 3 rings (SSSR count). The molecule has 0 spiro atoms. The molecule has 0 fully saturated rings. The highest BCUT2D eigenvalue weighted by Crippen LogP contribution is 2.30. The van der Waals surface area contributed by atoms with Crippen molar-refractivity contribution in [1.29, 1.82) is 0 Å². The van der Waals surface area contributed by atoms with Gasteiger partial charge in [-0.05, 0) is 60.7 Å². The fraction of sp³-hybridized carbons (Fsp3) is 0.250. The van der Waals surface area contributed by atoms with Crippen molar-refractivity contribution in [1.82, 2.24) is 0 Å². The van der Waals surface area contributed by atoms with Crippen molar-refractivity contribution < 1.29 is 0 Å². The third-order valence-corrected chi connectivity index (χ3v) is 4.61. The maximum absolute atomic E-state index is 2.37. The predicted octanol–water partition coefficient (Wildman–Crippen LogP) is 7.02. The van der Waals surface area contributed by atoms with Gasteiger partial charge >= 0.3 is 0 Å². The minimum absolute atomic E-state index is 0.401. The second-order valence-corrected chi connectivity index (χ2v) is 7.12. The van der Waals surface area contributed by atoms with Crippen molar-refractivity contribution in [2.45, 2.75) is 39.7 Å². The summed E-state index contributed by atoms with van der Waals surface area (Å²) < 4.78 is 0. The molecule has 25 heavy (non-hydrogen) atoms. The van der Waals surface area contributed by atoms with E-state index in [9.17, 15) is 0 Å². The lowest BCUT2D eigenvalue weighted by Gasteiger charge is -2.29. The Labute approximate surface area is 151 Å². The van der Waals surface area contributed by atoms with Crippen LogP contribution in [0.1, 0.15) is 39.2 Å². The molecule has 0 radical (unpaired) electrons. The third kappa shape index (κ3) is 3.93. The van der Waals surface area contributed by atoms with Crippen molar-refractivity contribution in [3.63, 3.8) is 0 Å². The number of anilines is 2. The highest BCUT2D eigenvalue weighted by atomic mass is 15.2. The second kappa shape index (κ2) is 7.57. The molecule has 0 bridgehead atoms. The van der Waals surface area contributed by atoms with E-state index in [0.29, 0.717) is 12.0 Å². The van der Waals surface area contributed by atoms with Gasteiger partial charge in [0.25, 0.3) is 0 Å². The van der Waals surface area contributed by atoms with Gasteiger partial charge in [0, 0.05) is 17.4 Å². The van der Waals surface area contributed by atoms with Gasteiger partial charge in [0.15, 0.2) is 0 Å². The van der Waals surface area contributed by atoms with Crippen LogP contribution >= 0.6 is 0 Å². The first kappa shape index (κ1) is 17.3. The van der Waals surface area contributed by atoms with Crippen LogP contribution in [0.4, 0.5) is 11.4 Å². The van der Waals surface area contributed by atoms with Crippen LogP contribution in [-0.4, -0.2) is 6.04 Å². The Hall–Kier alpha value is -2.54. The Morgan fingerprint density at radius 2 is 1.04 bits per heavy atom. The lowest BCUT2D eigenvalue weighted by atomic mass is 9.98. The van der Waals surface area contributed by atoms with E-state index in [0.717, 1.165) is 0 Å². The van der Waals surface area contributed by atoms with Crippen LogP contribution in [-0.2, 0) is 0 Å². The molecular formula is C24H27N. The van der Waals surface area contributed by atoms with Gasteiger partial charge in [-0.25, -0.2) is 0 Å². The first-order valence-electron chi connectivity index (χ1n) is 9.11. The first-order chi connectivity index (χ1) is 12.1. The minimum atomic E-state index is 0.401. The molecule has 0 saturated carbocycles. The molecular weight excluding hydrogens is 302 g/mol. The fourth-order valence-electron chi connectivity index (χ4n) is 3.21. The molecule has 0 atom stereocenters. The van der Waals surface area contributed by atoms with E-state index < -0.39 is 0 Å². The van der Waals surface area contributed by atoms with Crippen LogP contribution in [0, 0.1) is 0 Å². The summed E-state index contributed by atoms with van der Waals surface area (Å²) in [5.41, 5.74) is 6.37. The van der Waals surface area contributed by atoms with E-state index in [1.54, 1.807) is 0 Å². The smallest absolute Gasteiger partial charge is 0.0413 e. The minimum Gasteiger partial charge on any atom is -0.339 e. The van der Waals surface area contributed by atoms with E-state index in [2.05, 4.69) is 111 Å². The number of hydrogen-bond donors (Lipinski definition) is 0. The number of benzene rings is 3. The molecule has 0 amide bonds. The molecule has 0 aliphatic rings. The molecule has 1 heteroatoms. The summed E-state index contributed by atoms with van der Waals surface area (Å²) in [5.74, 6) is 0.571. The lowest BCUT2D eigenvalue weighted by molar-refractivity contribution is 0.789. The number of nitrogens with zero attached hydrogens (tertiary/aromatic N) is 1. The number of rotatable bonds is 5. The molecule has 0 saturated heterocycles. The summed E-state index contributed by atoms with van der Waals surface area (Å²) in [6.45, 7) is 8.92. The van der Waals surface area contributed by atoms with E-state index in [1.807, 2.05) is 0 Å². The summed E-state index contributed by atoms with van der Waals surface area (Å²) in [6, 6.07) is 28.8. The van der Waals surface area contributed by atoms with Gasteiger partial charge in [-0.3, -0.25) is 0 Å². The number of hydrogen-bond acceptors (Lipinski definition) is 1. The van der Waals surface area contributed by atoms with Crippen molar-refractivity contribution in [3.05, 3.63) is 84.4 Å². The van der Waals surface area contributed by atoms with Crippen molar-refractivity contribution in [2.24, 2.45) is 0 Å². The predicted molar refractivity (Wildman–Crippen MR) is 110 cm³/mol. The second-order valence-electron chi connectivity index (χ2n) is 7.12. The molecule has 1 nitrogen and oxygen atoms in total. The van der Waals surface area contributed by atoms with Gasteiger partial charge in [-0.15, -0.1) is 0 Å². The maximum atomic E-state index is 2.37. The van der Waals surface area contributed by atoms with Gasteiger partial charge in [0.2, 0.25) is 0 Å². The van der Waals surface area contributed by atoms with Crippen LogP contribution in [0.25, 0.3) is 11.1 Å². The molecule has 3 aromatic carbocycles. The van der Waals surface area contributed by atoms with Gasteiger partial charge < -0.3 is 4.90 Å². The zero-order chi connectivity index (χ0) is 17.8.